The highest BCUT2D eigenvalue weighted by Crippen LogP contribution is 2.09. The first-order chi connectivity index (χ1) is 6.81. The first kappa shape index (κ1) is 8.94. The Morgan fingerprint density at radius 3 is 3.14 bits per heavy atom. The standard InChI is InChI=1S/C11H12N2O/c1-9-7-12-11-5-4-10(3-2-6-14)8-13(9)11/h4-8H,2-3H2,1H3. The minimum Gasteiger partial charge on any atom is -0.304 e. The summed E-state index contributed by atoms with van der Waals surface area (Å²) in [5.74, 6) is 0. The van der Waals surface area contributed by atoms with E-state index in [4.69, 9.17) is 0 Å². The van der Waals surface area contributed by atoms with Gasteiger partial charge in [0.25, 0.3) is 0 Å². The van der Waals surface area contributed by atoms with E-state index in [0.29, 0.717) is 6.42 Å². The SMILES string of the molecule is Cc1cnc2ccc(CCC=O)cn12. The molecule has 0 N–H and O–H groups in total. The van der Waals surface area contributed by atoms with Crippen LogP contribution in [0.1, 0.15) is 17.7 Å². The summed E-state index contributed by atoms with van der Waals surface area (Å²) in [5, 5.41) is 0. The van der Waals surface area contributed by atoms with Gasteiger partial charge in [-0.25, -0.2) is 4.98 Å². The van der Waals surface area contributed by atoms with Crippen LogP contribution >= 0.6 is 0 Å². The first-order valence-corrected chi connectivity index (χ1v) is 4.67. The summed E-state index contributed by atoms with van der Waals surface area (Å²) in [6, 6.07) is 4.00. The van der Waals surface area contributed by atoms with Crippen LogP contribution < -0.4 is 0 Å². The minimum atomic E-state index is 0.583. The Morgan fingerprint density at radius 2 is 2.36 bits per heavy atom. The molecule has 0 aliphatic heterocycles. The molecule has 0 fully saturated rings. The normalized spacial score (nSPS) is 10.6. The quantitative estimate of drug-likeness (QED) is 0.688. The summed E-state index contributed by atoms with van der Waals surface area (Å²) in [5.41, 5.74) is 3.25. The van der Waals surface area contributed by atoms with Crippen LogP contribution in [0.25, 0.3) is 5.65 Å². The van der Waals surface area contributed by atoms with Gasteiger partial charge in [-0.2, -0.15) is 0 Å². The molecule has 0 spiro atoms. The van der Waals surface area contributed by atoms with E-state index in [-0.39, 0.29) is 0 Å². The minimum absolute atomic E-state index is 0.583. The van der Waals surface area contributed by atoms with E-state index in [9.17, 15) is 4.79 Å². The molecule has 2 aromatic heterocycles. The average molecular weight is 188 g/mol. The third-order valence-electron chi connectivity index (χ3n) is 2.30. The molecular weight excluding hydrogens is 176 g/mol. The molecule has 0 atom stereocenters. The highest BCUT2D eigenvalue weighted by atomic mass is 16.1. The van der Waals surface area contributed by atoms with Gasteiger partial charge in [0.05, 0.1) is 0 Å². The van der Waals surface area contributed by atoms with Crippen molar-refractivity contribution >= 4 is 11.9 Å². The molecule has 3 heteroatoms. The molecule has 0 radical (unpaired) electrons. The molecule has 3 nitrogen and oxygen atoms in total. The lowest BCUT2D eigenvalue weighted by molar-refractivity contribution is -0.107. The Kier molecular flexibility index (Phi) is 2.31. The summed E-state index contributed by atoms with van der Waals surface area (Å²) in [6.07, 6.45) is 6.22. The maximum Gasteiger partial charge on any atom is 0.136 e. The average Bonchev–Trinajstić information content (AvgIpc) is 2.57. The maximum absolute atomic E-state index is 10.2. The smallest absolute Gasteiger partial charge is 0.136 e. The van der Waals surface area contributed by atoms with Crippen LogP contribution in [0.15, 0.2) is 24.5 Å². The molecule has 2 aromatic rings. The number of hydrogen-bond acceptors (Lipinski definition) is 2. The monoisotopic (exact) mass is 188 g/mol. The molecule has 0 bridgehead atoms. The summed E-state index contributed by atoms with van der Waals surface area (Å²) < 4.78 is 2.04. The van der Waals surface area contributed by atoms with Crippen molar-refractivity contribution in [2.24, 2.45) is 0 Å². The molecule has 0 saturated heterocycles. The fourth-order valence-corrected chi connectivity index (χ4v) is 1.52. The van der Waals surface area contributed by atoms with Gasteiger partial charge in [0.1, 0.15) is 11.9 Å². The third kappa shape index (κ3) is 1.53. The van der Waals surface area contributed by atoms with Gasteiger partial charge in [-0.1, -0.05) is 6.07 Å². The molecule has 0 aromatic carbocycles. The molecule has 0 saturated carbocycles. The molecule has 0 aliphatic rings. The van der Waals surface area contributed by atoms with Crippen molar-refractivity contribution in [1.82, 2.24) is 9.38 Å². The van der Waals surface area contributed by atoms with Crippen LogP contribution in [0, 0.1) is 6.92 Å². The summed E-state index contributed by atoms with van der Waals surface area (Å²) in [4.78, 5) is 14.5. The van der Waals surface area contributed by atoms with Crippen molar-refractivity contribution in [1.29, 1.82) is 0 Å². The number of carbonyl (C=O) groups is 1. The number of nitrogens with zero attached hydrogens (tertiary/aromatic N) is 2. The molecule has 72 valence electrons. The van der Waals surface area contributed by atoms with Gasteiger partial charge >= 0.3 is 0 Å². The number of pyridine rings is 1. The largest absolute Gasteiger partial charge is 0.304 e. The molecule has 0 unspecified atom stereocenters. The van der Waals surface area contributed by atoms with Crippen LogP contribution in [0.3, 0.4) is 0 Å². The van der Waals surface area contributed by atoms with E-state index >= 15 is 0 Å². The highest BCUT2D eigenvalue weighted by molar-refractivity contribution is 5.50. The molecule has 2 heterocycles. The number of imidazole rings is 1. The molecular formula is C11H12N2O. The Bertz CT molecular complexity index is 459. The van der Waals surface area contributed by atoms with Crippen molar-refractivity contribution < 1.29 is 4.79 Å². The van der Waals surface area contributed by atoms with Crippen molar-refractivity contribution in [2.45, 2.75) is 19.8 Å². The zero-order chi connectivity index (χ0) is 9.97. The molecule has 2 rings (SSSR count). The van der Waals surface area contributed by atoms with Crippen molar-refractivity contribution in [2.75, 3.05) is 0 Å². The fourth-order valence-electron chi connectivity index (χ4n) is 1.52. The number of hydrogen-bond donors (Lipinski definition) is 0. The van der Waals surface area contributed by atoms with E-state index in [0.717, 1.165) is 24.0 Å². The van der Waals surface area contributed by atoms with E-state index in [1.165, 1.54) is 5.56 Å². The van der Waals surface area contributed by atoms with Crippen LogP contribution in [0.4, 0.5) is 0 Å². The van der Waals surface area contributed by atoms with Gasteiger partial charge in [-0.15, -0.1) is 0 Å². The Balaban J connectivity index is 2.39. The third-order valence-corrected chi connectivity index (χ3v) is 2.30. The predicted molar refractivity (Wildman–Crippen MR) is 54.3 cm³/mol. The predicted octanol–water partition coefficient (Wildman–Crippen LogP) is 1.77. The second-order valence-corrected chi connectivity index (χ2v) is 3.37. The fraction of sp³-hybridized carbons (Fsp3) is 0.273. The van der Waals surface area contributed by atoms with Crippen LogP contribution in [-0.4, -0.2) is 15.7 Å². The molecule has 0 amide bonds. The van der Waals surface area contributed by atoms with E-state index < -0.39 is 0 Å². The lowest BCUT2D eigenvalue weighted by Crippen LogP contribution is -1.92. The van der Waals surface area contributed by atoms with Gasteiger partial charge in [-0.3, -0.25) is 0 Å². The Labute approximate surface area is 82.4 Å². The van der Waals surface area contributed by atoms with Gasteiger partial charge in [0.2, 0.25) is 0 Å². The topological polar surface area (TPSA) is 34.4 Å². The number of aromatic nitrogens is 2. The summed E-state index contributed by atoms with van der Waals surface area (Å²) in [7, 11) is 0. The van der Waals surface area contributed by atoms with Gasteiger partial charge in [-0.05, 0) is 25.0 Å². The lowest BCUT2D eigenvalue weighted by Gasteiger charge is -2.00. The van der Waals surface area contributed by atoms with Gasteiger partial charge in [0.15, 0.2) is 0 Å². The van der Waals surface area contributed by atoms with Crippen LogP contribution in [-0.2, 0) is 11.2 Å². The zero-order valence-electron chi connectivity index (χ0n) is 8.10. The van der Waals surface area contributed by atoms with Crippen molar-refractivity contribution in [3.05, 3.63) is 35.8 Å². The second kappa shape index (κ2) is 3.62. The summed E-state index contributed by atoms with van der Waals surface area (Å²) >= 11 is 0. The van der Waals surface area contributed by atoms with E-state index in [2.05, 4.69) is 4.98 Å². The van der Waals surface area contributed by atoms with E-state index in [1.807, 2.05) is 35.9 Å². The Morgan fingerprint density at radius 1 is 1.50 bits per heavy atom. The van der Waals surface area contributed by atoms with Gasteiger partial charge in [0, 0.05) is 24.5 Å². The lowest BCUT2D eigenvalue weighted by atomic mass is 10.2. The highest BCUT2D eigenvalue weighted by Gasteiger charge is 1.99. The van der Waals surface area contributed by atoms with Gasteiger partial charge < -0.3 is 9.20 Å². The maximum atomic E-state index is 10.2. The van der Waals surface area contributed by atoms with Crippen molar-refractivity contribution in [3.63, 3.8) is 0 Å². The summed E-state index contributed by atoms with van der Waals surface area (Å²) in [6.45, 7) is 2.02. The number of carbonyl (C=O) groups excluding carboxylic acids is 1. The Hall–Kier alpha value is -1.64. The number of aryl methyl sites for hydroxylation is 2. The molecule has 14 heavy (non-hydrogen) atoms. The second-order valence-electron chi connectivity index (χ2n) is 3.37. The van der Waals surface area contributed by atoms with Crippen molar-refractivity contribution in [3.8, 4) is 0 Å². The van der Waals surface area contributed by atoms with E-state index in [1.54, 1.807) is 0 Å². The first-order valence-electron chi connectivity index (χ1n) is 4.67. The zero-order valence-corrected chi connectivity index (χ0v) is 8.10. The van der Waals surface area contributed by atoms with Crippen LogP contribution in [0.2, 0.25) is 0 Å². The molecule has 0 aliphatic carbocycles. The van der Waals surface area contributed by atoms with Crippen LogP contribution in [0.5, 0.6) is 0 Å². The number of aldehydes is 1. The number of rotatable bonds is 3. The number of fused-ring (bicyclic) bond motifs is 1.